The largest absolute Gasteiger partial charge is 0.0764 e. The molecule has 0 amide bonds. The monoisotopic (exact) mass is 274 g/mol. The van der Waals surface area contributed by atoms with Crippen LogP contribution in [0.1, 0.15) is 79.1 Å². The van der Waals surface area contributed by atoms with Crippen LogP contribution >= 0.6 is 0 Å². The first-order valence-corrected chi connectivity index (χ1v) is 8.88. The number of hydrogen-bond donors (Lipinski definition) is 0. The van der Waals surface area contributed by atoms with E-state index in [-0.39, 0.29) is 0 Å². The Kier molecular flexibility index (Phi) is 5.93. The molecule has 0 bridgehead atoms. The summed E-state index contributed by atoms with van der Waals surface area (Å²) in [6, 6.07) is 0. The maximum Gasteiger partial charge on any atom is -0.0203 e. The summed E-state index contributed by atoms with van der Waals surface area (Å²) >= 11 is 0. The molecule has 0 spiro atoms. The Morgan fingerprint density at radius 1 is 0.700 bits per heavy atom. The van der Waals surface area contributed by atoms with Crippen LogP contribution in [0.3, 0.4) is 0 Å². The summed E-state index contributed by atoms with van der Waals surface area (Å²) in [5.74, 6) is 3.98. The molecule has 0 N–H and O–H groups in total. The number of hydrogen-bond acceptors (Lipinski definition) is 0. The Hall–Kier alpha value is -0.520. The minimum Gasteiger partial charge on any atom is -0.0764 e. The highest BCUT2D eigenvalue weighted by Crippen LogP contribution is 2.42. The Morgan fingerprint density at radius 2 is 1.20 bits per heavy atom. The van der Waals surface area contributed by atoms with Crippen LogP contribution in [0.25, 0.3) is 0 Å². The molecule has 0 aromatic heterocycles. The van der Waals surface area contributed by atoms with Gasteiger partial charge in [-0.05, 0) is 83.0 Å². The predicted molar refractivity (Wildman–Crippen MR) is 89.8 cm³/mol. The minimum atomic E-state index is 0.865. The molecule has 0 atom stereocenters. The molecule has 2 fully saturated rings. The van der Waals surface area contributed by atoms with Gasteiger partial charge in [-0.15, -0.1) is 0 Å². The van der Waals surface area contributed by atoms with Crippen LogP contribution in [0.5, 0.6) is 0 Å². The van der Waals surface area contributed by atoms with E-state index < -0.39 is 0 Å². The minimum absolute atomic E-state index is 0.865. The summed E-state index contributed by atoms with van der Waals surface area (Å²) in [4.78, 5) is 0. The molecular formula is C20H34. The van der Waals surface area contributed by atoms with Crippen molar-refractivity contribution < 1.29 is 0 Å². The van der Waals surface area contributed by atoms with Gasteiger partial charge in [0.15, 0.2) is 0 Å². The molecule has 0 saturated heterocycles. The van der Waals surface area contributed by atoms with Crippen LogP contribution in [-0.4, -0.2) is 0 Å². The summed E-state index contributed by atoms with van der Waals surface area (Å²) in [6.07, 6.45) is 16.5. The summed E-state index contributed by atoms with van der Waals surface area (Å²) in [5, 5.41) is 0. The fourth-order valence-electron chi connectivity index (χ4n) is 4.24. The van der Waals surface area contributed by atoms with E-state index in [9.17, 15) is 0 Å². The summed E-state index contributed by atoms with van der Waals surface area (Å²) in [6.45, 7) is 9.15. The standard InChI is InChI=1S/C20H34/c1-15(2)5-8-17(4)18-11-13-20(14-12-18)19-9-6-16(3)7-10-19/h5,8,16,18-20H,6-7,9-14H2,1-4H3/b17-8+. The number of rotatable bonds is 3. The maximum atomic E-state index is 2.44. The van der Waals surface area contributed by atoms with E-state index in [1.165, 1.54) is 56.9 Å². The lowest BCUT2D eigenvalue weighted by Gasteiger charge is -2.37. The molecule has 0 heteroatoms. The molecule has 2 rings (SSSR count). The van der Waals surface area contributed by atoms with E-state index in [1.54, 1.807) is 5.57 Å². The molecule has 2 saturated carbocycles. The average Bonchev–Trinajstić information content (AvgIpc) is 2.46. The lowest BCUT2D eigenvalue weighted by molar-refractivity contribution is 0.158. The predicted octanol–water partition coefficient (Wildman–Crippen LogP) is 6.53. The maximum absolute atomic E-state index is 2.44. The highest BCUT2D eigenvalue weighted by atomic mass is 14.4. The van der Waals surface area contributed by atoms with Crippen LogP contribution in [0.2, 0.25) is 0 Å². The second-order valence-electron chi connectivity index (χ2n) is 7.79. The van der Waals surface area contributed by atoms with Crippen molar-refractivity contribution in [2.45, 2.75) is 79.1 Å². The van der Waals surface area contributed by atoms with Crippen molar-refractivity contribution in [1.82, 2.24) is 0 Å². The quantitative estimate of drug-likeness (QED) is 0.513. The van der Waals surface area contributed by atoms with Gasteiger partial charge in [-0.3, -0.25) is 0 Å². The third-order valence-electron chi connectivity index (χ3n) is 5.82. The molecule has 20 heavy (non-hydrogen) atoms. The van der Waals surface area contributed by atoms with Crippen LogP contribution < -0.4 is 0 Å². The Bertz CT molecular complexity index is 340. The molecule has 0 aromatic carbocycles. The summed E-state index contributed by atoms with van der Waals surface area (Å²) in [5.41, 5.74) is 3.02. The van der Waals surface area contributed by atoms with Gasteiger partial charge >= 0.3 is 0 Å². The van der Waals surface area contributed by atoms with E-state index in [2.05, 4.69) is 39.8 Å². The van der Waals surface area contributed by atoms with E-state index in [0.717, 1.165) is 23.7 Å². The summed E-state index contributed by atoms with van der Waals surface area (Å²) in [7, 11) is 0. The molecule has 0 unspecified atom stereocenters. The number of allylic oxidation sites excluding steroid dienone is 4. The normalized spacial score (nSPS) is 35.7. The zero-order chi connectivity index (χ0) is 14.5. The van der Waals surface area contributed by atoms with Crippen molar-refractivity contribution in [3.63, 3.8) is 0 Å². The highest BCUT2D eigenvalue weighted by molar-refractivity contribution is 5.16. The van der Waals surface area contributed by atoms with Crippen LogP contribution in [0, 0.1) is 23.7 Å². The average molecular weight is 274 g/mol. The van der Waals surface area contributed by atoms with Gasteiger partial charge < -0.3 is 0 Å². The van der Waals surface area contributed by atoms with Gasteiger partial charge in [0.25, 0.3) is 0 Å². The van der Waals surface area contributed by atoms with Gasteiger partial charge in [-0.1, -0.05) is 43.1 Å². The van der Waals surface area contributed by atoms with Gasteiger partial charge in [0, 0.05) is 0 Å². The lowest BCUT2D eigenvalue weighted by atomic mass is 9.68. The topological polar surface area (TPSA) is 0 Å². The molecule has 0 radical (unpaired) electrons. The molecule has 0 aliphatic heterocycles. The van der Waals surface area contributed by atoms with Crippen molar-refractivity contribution in [3.8, 4) is 0 Å². The van der Waals surface area contributed by atoms with E-state index in [0.29, 0.717) is 0 Å². The molecule has 2 aliphatic carbocycles. The third-order valence-corrected chi connectivity index (χ3v) is 5.82. The fourth-order valence-corrected chi connectivity index (χ4v) is 4.24. The van der Waals surface area contributed by atoms with Crippen molar-refractivity contribution in [3.05, 3.63) is 23.3 Å². The van der Waals surface area contributed by atoms with Crippen molar-refractivity contribution in [1.29, 1.82) is 0 Å². The zero-order valence-electron chi connectivity index (χ0n) is 14.1. The van der Waals surface area contributed by atoms with E-state index in [4.69, 9.17) is 0 Å². The van der Waals surface area contributed by atoms with Crippen LogP contribution in [0.15, 0.2) is 23.3 Å². The SMILES string of the molecule is CC(C)=C/C=C(\C)C1CCC(C2CCC(C)CC2)CC1. The van der Waals surface area contributed by atoms with Gasteiger partial charge in [0.2, 0.25) is 0 Å². The highest BCUT2D eigenvalue weighted by Gasteiger charge is 2.30. The second-order valence-corrected chi connectivity index (χ2v) is 7.79. The van der Waals surface area contributed by atoms with Crippen molar-refractivity contribution >= 4 is 0 Å². The van der Waals surface area contributed by atoms with E-state index >= 15 is 0 Å². The first-order chi connectivity index (χ1) is 9.56. The second kappa shape index (κ2) is 7.48. The smallest absolute Gasteiger partial charge is 0.0203 e. The zero-order valence-corrected chi connectivity index (χ0v) is 14.1. The van der Waals surface area contributed by atoms with Crippen LogP contribution in [0.4, 0.5) is 0 Å². The van der Waals surface area contributed by atoms with Gasteiger partial charge in [-0.25, -0.2) is 0 Å². The summed E-state index contributed by atoms with van der Waals surface area (Å²) < 4.78 is 0. The Balaban J connectivity index is 1.80. The molecule has 114 valence electrons. The first kappa shape index (κ1) is 15.9. The molecule has 0 nitrogen and oxygen atoms in total. The molecular weight excluding hydrogens is 240 g/mol. The lowest BCUT2D eigenvalue weighted by Crippen LogP contribution is -2.25. The van der Waals surface area contributed by atoms with E-state index in [1.807, 2.05) is 0 Å². The fraction of sp³-hybridized carbons (Fsp3) is 0.800. The van der Waals surface area contributed by atoms with Gasteiger partial charge in [-0.2, -0.15) is 0 Å². The van der Waals surface area contributed by atoms with Gasteiger partial charge in [0.05, 0.1) is 0 Å². The molecule has 0 aromatic rings. The molecule has 2 aliphatic rings. The van der Waals surface area contributed by atoms with Gasteiger partial charge in [0.1, 0.15) is 0 Å². The first-order valence-electron chi connectivity index (χ1n) is 8.88. The van der Waals surface area contributed by atoms with Crippen LogP contribution in [-0.2, 0) is 0 Å². The van der Waals surface area contributed by atoms with Crippen molar-refractivity contribution in [2.75, 3.05) is 0 Å². The third kappa shape index (κ3) is 4.50. The molecule has 0 heterocycles. The Morgan fingerprint density at radius 3 is 1.70 bits per heavy atom. The Labute approximate surface area is 126 Å². The van der Waals surface area contributed by atoms with Crippen molar-refractivity contribution in [2.24, 2.45) is 23.7 Å².